The van der Waals surface area contributed by atoms with Gasteiger partial charge in [0.25, 0.3) is 0 Å². The molecule has 2 nitrogen and oxygen atoms in total. The monoisotopic (exact) mass is 305 g/mol. The Bertz CT molecular complexity index is 894. The second-order valence-corrected chi connectivity index (χ2v) is 7.36. The second kappa shape index (κ2) is 5.38. The normalized spacial score (nSPS) is 11.9. The predicted molar refractivity (Wildman–Crippen MR) is 97.3 cm³/mol. The third-order valence-corrected chi connectivity index (χ3v) is 4.49. The van der Waals surface area contributed by atoms with Gasteiger partial charge in [0.1, 0.15) is 0 Å². The molecule has 0 aliphatic heterocycles. The summed E-state index contributed by atoms with van der Waals surface area (Å²) in [6.07, 6.45) is 0.975. The summed E-state index contributed by atoms with van der Waals surface area (Å²) in [6, 6.07) is 12.7. The van der Waals surface area contributed by atoms with Crippen LogP contribution >= 0.6 is 0 Å². The zero-order valence-electron chi connectivity index (χ0n) is 14.4. The van der Waals surface area contributed by atoms with E-state index >= 15 is 0 Å². The van der Waals surface area contributed by atoms with Crippen molar-refractivity contribution in [3.05, 3.63) is 58.7 Å². The van der Waals surface area contributed by atoms with Gasteiger partial charge in [-0.3, -0.25) is 4.79 Å². The number of aryl methyl sites for hydroxylation is 2. The lowest BCUT2D eigenvalue weighted by Gasteiger charge is -2.18. The van der Waals surface area contributed by atoms with Gasteiger partial charge in [-0.25, -0.2) is 0 Å². The van der Waals surface area contributed by atoms with Crippen molar-refractivity contribution in [3.8, 4) is 11.3 Å². The first kappa shape index (κ1) is 15.5. The summed E-state index contributed by atoms with van der Waals surface area (Å²) in [7, 11) is 0. The van der Waals surface area contributed by atoms with E-state index in [4.69, 9.17) is 0 Å². The number of rotatable bonds is 2. The SMILES string of the molecule is Cc1ccc(C)c(-c2[nH]c3ccc(C(C)(C)C)cc3c2C=O)c1. The van der Waals surface area contributed by atoms with Gasteiger partial charge >= 0.3 is 0 Å². The molecule has 0 unspecified atom stereocenters. The topological polar surface area (TPSA) is 32.9 Å². The van der Waals surface area contributed by atoms with Gasteiger partial charge in [0.2, 0.25) is 0 Å². The Morgan fingerprint density at radius 2 is 1.74 bits per heavy atom. The lowest BCUT2D eigenvalue weighted by molar-refractivity contribution is 0.112. The first-order valence-corrected chi connectivity index (χ1v) is 8.00. The highest BCUT2D eigenvalue weighted by Gasteiger charge is 2.18. The zero-order chi connectivity index (χ0) is 16.8. The summed E-state index contributed by atoms with van der Waals surface area (Å²) in [5, 5.41) is 1.00. The van der Waals surface area contributed by atoms with Gasteiger partial charge in [-0.05, 0) is 48.6 Å². The zero-order valence-corrected chi connectivity index (χ0v) is 14.4. The van der Waals surface area contributed by atoms with E-state index in [1.807, 2.05) is 0 Å². The molecule has 1 aromatic heterocycles. The van der Waals surface area contributed by atoms with E-state index in [1.54, 1.807) is 0 Å². The average Bonchev–Trinajstić information content (AvgIpc) is 2.86. The van der Waals surface area contributed by atoms with Gasteiger partial charge in [0.15, 0.2) is 6.29 Å². The van der Waals surface area contributed by atoms with Crippen LogP contribution in [0.3, 0.4) is 0 Å². The van der Waals surface area contributed by atoms with Crippen molar-refractivity contribution >= 4 is 17.2 Å². The summed E-state index contributed by atoms with van der Waals surface area (Å²) in [6.45, 7) is 10.7. The third kappa shape index (κ3) is 2.70. The standard InChI is InChI=1S/C21H23NO/c1-13-6-7-14(2)16(10-13)20-18(12-23)17-11-15(21(3,4)5)8-9-19(17)22-20/h6-12,22H,1-5H3. The Hall–Kier alpha value is -2.35. The minimum atomic E-state index is 0.0605. The molecule has 118 valence electrons. The van der Waals surface area contributed by atoms with Crippen LogP contribution < -0.4 is 0 Å². The molecule has 0 radical (unpaired) electrons. The molecular weight excluding hydrogens is 282 g/mol. The van der Waals surface area contributed by atoms with E-state index in [2.05, 4.69) is 76.0 Å². The minimum Gasteiger partial charge on any atom is -0.354 e. The smallest absolute Gasteiger partial charge is 0.152 e. The Morgan fingerprint density at radius 3 is 2.39 bits per heavy atom. The molecule has 0 fully saturated rings. The maximum Gasteiger partial charge on any atom is 0.152 e. The number of hydrogen-bond donors (Lipinski definition) is 1. The molecule has 0 atom stereocenters. The number of nitrogens with one attached hydrogen (secondary N) is 1. The lowest BCUT2D eigenvalue weighted by atomic mass is 9.86. The van der Waals surface area contributed by atoms with Crippen molar-refractivity contribution in [1.82, 2.24) is 4.98 Å². The molecule has 2 heteroatoms. The Labute approximate surface area is 137 Å². The first-order valence-electron chi connectivity index (χ1n) is 8.00. The molecule has 3 rings (SSSR count). The van der Waals surface area contributed by atoms with Crippen molar-refractivity contribution in [1.29, 1.82) is 0 Å². The molecule has 23 heavy (non-hydrogen) atoms. The number of aromatic amines is 1. The lowest BCUT2D eigenvalue weighted by Crippen LogP contribution is -2.10. The fraction of sp³-hybridized carbons (Fsp3) is 0.286. The first-order chi connectivity index (χ1) is 10.8. The molecule has 0 aliphatic carbocycles. The van der Waals surface area contributed by atoms with E-state index < -0.39 is 0 Å². The van der Waals surface area contributed by atoms with Crippen LogP contribution in [-0.2, 0) is 5.41 Å². The predicted octanol–water partition coefficient (Wildman–Crippen LogP) is 5.56. The van der Waals surface area contributed by atoms with E-state index in [0.717, 1.165) is 34.0 Å². The van der Waals surface area contributed by atoms with Crippen molar-refractivity contribution in [2.24, 2.45) is 0 Å². The number of benzene rings is 2. The highest BCUT2D eigenvalue weighted by Crippen LogP contribution is 2.34. The summed E-state index contributed by atoms with van der Waals surface area (Å²) >= 11 is 0. The van der Waals surface area contributed by atoms with Crippen LogP contribution in [0.1, 0.15) is 47.8 Å². The van der Waals surface area contributed by atoms with E-state index in [0.29, 0.717) is 0 Å². The summed E-state index contributed by atoms with van der Waals surface area (Å²) in [5.41, 5.74) is 7.43. The molecule has 0 aliphatic rings. The van der Waals surface area contributed by atoms with Crippen LogP contribution in [-0.4, -0.2) is 11.3 Å². The van der Waals surface area contributed by atoms with Crippen LogP contribution in [0.5, 0.6) is 0 Å². The van der Waals surface area contributed by atoms with Crippen LogP contribution in [0.2, 0.25) is 0 Å². The maximum atomic E-state index is 11.8. The van der Waals surface area contributed by atoms with Crippen molar-refractivity contribution in [2.75, 3.05) is 0 Å². The van der Waals surface area contributed by atoms with Gasteiger partial charge in [0, 0.05) is 22.0 Å². The van der Waals surface area contributed by atoms with Gasteiger partial charge in [-0.1, -0.05) is 44.5 Å². The average molecular weight is 305 g/mol. The van der Waals surface area contributed by atoms with E-state index in [9.17, 15) is 4.79 Å². The molecule has 0 saturated heterocycles. The number of fused-ring (bicyclic) bond motifs is 1. The maximum absolute atomic E-state index is 11.8. The Balaban J connectivity index is 2.30. The number of hydrogen-bond acceptors (Lipinski definition) is 1. The number of carbonyl (C=O) groups excluding carboxylic acids is 1. The van der Waals surface area contributed by atoms with Crippen LogP contribution in [0.4, 0.5) is 0 Å². The van der Waals surface area contributed by atoms with Crippen LogP contribution in [0.15, 0.2) is 36.4 Å². The Morgan fingerprint density at radius 1 is 1.00 bits per heavy atom. The third-order valence-electron chi connectivity index (χ3n) is 4.49. The fourth-order valence-corrected chi connectivity index (χ4v) is 3.02. The van der Waals surface area contributed by atoms with Crippen molar-refractivity contribution in [3.63, 3.8) is 0 Å². The molecular formula is C21H23NO. The largest absolute Gasteiger partial charge is 0.354 e. The molecule has 2 aromatic carbocycles. The summed E-state index contributed by atoms with van der Waals surface area (Å²) < 4.78 is 0. The van der Waals surface area contributed by atoms with Crippen LogP contribution in [0, 0.1) is 13.8 Å². The minimum absolute atomic E-state index is 0.0605. The molecule has 0 saturated carbocycles. The molecule has 0 spiro atoms. The molecule has 0 bridgehead atoms. The molecule has 1 heterocycles. The number of carbonyl (C=O) groups is 1. The van der Waals surface area contributed by atoms with Gasteiger partial charge in [-0.15, -0.1) is 0 Å². The van der Waals surface area contributed by atoms with Gasteiger partial charge < -0.3 is 4.98 Å². The highest BCUT2D eigenvalue weighted by molar-refractivity contribution is 6.05. The number of H-pyrrole nitrogens is 1. The van der Waals surface area contributed by atoms with Crippen molar-refractivity contribution < 1.29 is 4.79 Å². The fourth-order valence-electron chi connectivity index (χ4n) is 3.02. The van der Waals surface area contributed by atoms with Crippen LogP contribution in [0.25, 0.3) is 22.2 Å². The molecule has 3 aromatic rings. The van der Waals surface area contributed by atoms with Gasteiger partial charge in [0.05, 0.1) is 5.69 Å². The number of aldehydes is 1. The second-order valence-electron chi connectivity index (χ2n) is 7.36. The quantitative estimate of drug-likeness (QED) is 0.617. The number of aromatic nitrogens is 1. The van der Waals surface area contributed by atoms with E-state index in [-0.39, 0.29) is 5.41 Å². The molecule has 1 N–H and O–H groups in total. The molecule has 0 amide bonds. The highest BCUT2D eigenvalue weighted by atomic mass is 16.1. The Kier molecular flexibility index (Phi) is 3.63. The van der Waals surface area contributed by atoms with Gasteiger partial charge in [-0.2, -0.15) is 0 Å². The van der Waals surface area contributed by atoms with E-state index in [1.165, 1.54) is 16.7 Å². The summed E-state index contributed by atoms with van der Waals surface area (Å²) in [5.74, 6) is 0. The summed E-state index contributed by atoms with van der Waals surface area (Å²) in [4.78, 5) is 15.3. The van der Waals surface area contributed by atoms with Crippen molar-refractivity contribution in [2.45, 2.75) is 40.0 Å².